The minimum Gasteiger partial charge on any atom is -0.349 e. The lowest BCUT2D eigenvalue weighted by Crippen LogP contribution is -2.28. The van der Waals surface area contributed by atoms with E-state index in [2.05, 4.69) is 46.8 Å². The molecule has 27 heavy (non-hydrogen) atoms. The van der Waals surface area contributed by atoms with Crippen molar-refractivity contribution in [2.75, 3.05) is 5.75 Å². The van der Waals surface area contributed by atoms with Gasteiger partial charge in [0.1, 0.15) is 0 Å². The smallest absolute Gasteiger partial charge is 0.230 e. The number of aromatic nitrogens is 4. The predicted octanol–water partition coefficient (Wildman–Crippen LogP) is 3.90. The van der Waals surface area contributed by atoms with Gasteiger partial charge in [0.15, 0.2) is 0 Å². The highest BCUT2D eigenvalue weighted by Crippen LogP contribution is 2.21. The molecular weight excluding hydrogens is 382 g/mol. The van der Waals surface area contributed by atoms with Crippen molar-refractivity contribution in [3.8, 4) is 5.69 Å². The summed E-state index contributed by atoms with van der Waals surface area (Å²) in [5, 5.41) is 15.9. The van der Waals surface area contributed by atoms with Gasteiger partial charge in [-0.15, -0.1) is 5.10 Å². The molecule has 1 atom stereocenters. The Labute approximate surface area is 167 Å². The number of nitrogens with zero attached hydrogens (tertiary/aromatic N) is 4. The summed E-state index contributed by atoms with van der Waals surface area (Å²) >= 11 is 7.20. The Balaban J connectivity index is 1.60. The van der Waals surface area contributed by atoms with Crippen molar-refractivity contribution in [1.29, 1.82) is 0 Å². The zero-order valence-corrected chi connectivity index (χ0v) is 16.9. The van der Waals surface area contributed by atoms with Crippen molar-refractivity contribution in [2.24, 2.45) is 0 Å². The van der Waals surface area contributed by atoms with Gasteiger partial charge in [0, 0.05) is 5.02 Å². The number of carbonyl (C=O) groups is 1. The monoisotopic (exact) mass is 401 g/mol. The molecule has 1 aromatic heterocycles. The summed E-state index contributed by atoms with van der Waals surface area (Å²) < 4.78 is 1.58. The summed E-state index contributed by atoms with van der Waals surface area (Å²) in [7, 11) is 0. The van der Waals surface area contributed by atoms with Crippen molar-refractivity contribution in [2.45, 2.75) is 32.0 Å². The lowest BCUT2D eigenvalue weighted by Gasteiger charge is -2.15. The quantitative estimate of drug-likeness (QED) is 0.634. The fourth-order valence-electron chi connectivity index (χ4n) is 2.54. The highest BCUT2D eigenvalue weighted by molar-refractivity contribution is 7.99. The van der Waals surface area contributed by atoms with E-state index in [0.29, 0.717) is 10.2 Å². The van der Waals surface area contributed by atoms with Crippen LogP contribution in [-0.2, 0) is 4.79 Å². The van der Waals surface area contributed by atoms with E-state index in [1.54, 1.807) is 16.8 Å². The van der Waals surface area contributed by atoms with Crippen LogP contribution in [0.3, 0.4) is 0 Å². The number of tetrazole rings is 1. The highest BCUT2D eigenvalue weighted by atomic mass is 35.5. The molecule has 0 saturated heterocycles. The molecule has 140 valence electrons. The number of amides is 1. The van der Waals surface area contributed by atoms with Gasteiger partial charge in [-0.05, 0) is 72.2 Å². The summed E-state index contributed by atoms with van der Waals surface area (Å²) in [6.45, 7) is 6.12. The number of hydrogen-bond donors (Lipinski definition) is 1. The average molecular weight is 402 g/mol. The summed E-state index contributed by atoms with van der Waals surface area (Å²) in [4.78, 5) is 12.3. The number of hydrogen-bond acceptors (Lipinski definition) is 5. The van der Waals surface area contributed by atoms with Gasteiger partial charge < -0.3 is 5.32 Å². The lowest BCUT2D eigenvalue weighted by molar-refractivity contribution is -0.119. The molecule has 0 radical (unpaired) electrons. The third kappa shape index (κ3) is 4.87. The zero-order valence-electron chi connectivity index (χ0n) is 15.3. The summed E-state index contributed by atoms with van der Waals surface area (Å²) in [5.41, 5.74) is 4.32. The van der Waals surface area contributed by atoms with Crippen LogP contribution < -0.4 is 5.32 Å². The lowest BCUT2D eigenvalue weighted by atomic mass is 10.0. The minimum atomic E-state index is -0.0728. The molecule has 0 aliphatic rings. The average Bonchev–Trinajstić information content (AvgIpc) is 3.11. The standard InChI is InChI=1S/C19H20ClN5OS/c1-12-4-5-15(10-13(12)2)14(3)21-18(26)11-27-19-22-23-24-25(19)17-8-6-16(20)7-9-17/h4-10,14H,11H2,1-3H3,(H,21,26)/t14-/m1/s1. The molecule has 3 rings (SSSR count). The van der Waals surface area contributed by atoms with Crippen LogP contribution in [0.1, 0.15) is 29.7 Å². The molecule has 0 fully saturated rings. The maximum absolute atomic E-state index is 12.3. The van der Waals surface area contributed by atoms with Crippen molar-refractivity contribution in [3.63, 3.8) is 0 Å². The van der Waals surface area contributed by atoms with Crippen LogP contribution in [0.4, 0.5) is 0 Å². The molecule has 0 aliphatic heterocycles. The Morgan fingerprint density at radius 2 is 1.93 bits per heavy atom. The molecule has 1 N–H and O–H groups in total. The van der Waals surface area contributed by atoms with E-state index < -0.39 is 0 Å². The molecule has 0 spiro atoms. The topological polar surface area (TPSA) is 72.7 Å². The van der Waals surface area contributed by atoms with Crippen LogP contribution in [0.5, 0.6) is 0 Å². The minimum absolute atomic E-state index is 0.0651. The van der Waals surface area contributed by atoms with Gasteiger partial charge in [-0.2, -0.15) is 4.68 Å². The first-order chi connectivity index (χ1) is 12.9. The molecule has 1 amide bonds. The molecule has 0 aliphatic carbocycles. The molecule has 1 heterocycles. The predicted molar refractivity (Wildman–Crippen MR) is 107 cm³/mol. The molecule has 0 unspecified atom stereocenters. The fourth-order valence-corrected chi connectivity index (χ4v) is 3.37. The van der Waals surface area contributed by atoms with E-state index in [1.165, 1.54) is 22.9 Å². The Morgan fingerprint density at radius 1 is 1.19 bits per heavy atom. The number of carbonyl (C=O) groups excluding carboxylic acids is 1. The zero-order chi connectivity index (χ0) is 19.4. The number of rotatable bonds is 6. The van der Waals surface area contributed by atoms with Gasteiger partial charge >= 0.3 is 0 Å². The van der Waals surface area contributed by atoms with Crippen molar-refractivity contribution in [1.82, 2.24) is 25.5 Å². The van der Waals surface area contributed by atoms with E-state index in [9.17, 15) is 4.79 Å². The number of aryl methyl sites for hydroxylation is 2. The molecule has 8 heteroatoms. The third-order valence-corrected chi connectivity index (χ3v) is 5.42. The molecular formula is C19H20ClN5OS. The van der Waals surface area contributed by atoms with Gasteiger partial charge in [0.25, 0.3) is 0 Å². The normalized spacial score (nSPS) is 12.0. The van der Waals surface area contributed by atoms with Crippen LogP contribution >= 0.6 is 23.4 Å². The van der Waals surface area contributed by atoms with Crippen LogP contribution in [0.2, 0.25) is 5.02 Å². The van der Waals surface area contributed by atoms with Gasteiger partial charge in [-0.3, -0.25) is 4.79 Å². The van der Waals surface area contributed by atoms with Crippen molar-refractivity contribution < 1.29 is 4.79 Å². The highest BCUT2D eigenvalue weighted by Gasteiger charge is 2.14. The summed E-state index contributed by atoms with van der Waals surface area (Å²) in [5.74, 6) is 0.153. The van der Waals surface area contributed by atoms with E-state index >= 15 is 0 Å². The molecule has 2 aromatic carbocycles. The third-order valence-electron chi connectivity index (χ3n) is 4.25. The van der Waals surface area contributed by atoms with E-state index in [4.69, 9.17) is 11.6 Å². The van der Waals surface area contributed by atoms with Crippen LogP contribution in [-0.4, -0.2) is 31.9 Å². The summed E-state index contributed by atoms with van der Waals surface area (Å²) in [6, 6.07) is 13.3. The maximum Gasteiger partial charge on any atom is 0.230 e. The SMILES string of the molecule is Cc1ccc([C@@H](C)NC(=O)CSc2nnnn2-c2ccc(Cl)cc2)cc1C. The Bertz CT molecular complexity index is 942. The molecule has 3 aromatic rings. The largest absolute Gasteiger partial charge is 0.349 e. The number of thioether (sulfide) groups is 1. The second-order valence-corrected chi connectivity index (χ2v) is 7.65. The van der Waals surface area contributed by atoms with Gasteiger partial charge in [0.05, 0.1) is 17.5 Å². The van der Waals surface area contributed by atoms with Gasteiger partial charge in [-0.25, -0.2) is 0 Å². The van der Waals surface area contributed by atoms with E-state index in [0.717, 1.165) is 11.3 Å². The van der Waals surface area contributed by atoms with Crippen molar-refractivity contribution in [3.05, 3.63) is 64.2 Å². The first kappa shape index (κ1) is 19.4. The molecule has 0 bridgehead atoms. The summed E-state index contributed by atoms with van der Waals surface area (Å²) in [6.07, 6.45) is 0. The fraction of sp³-hybridized carbons (Fsp3) is 0.263. The Hall–Kier alpha value is -2.38. The van der Waals surface area contributed by atoms with E-state index in [-0.39, 0.29) is 17.7 Å². The number of nitrogens with one attached hydrogen (secondary N) is 1. The van der Waals surface area contributed by atoms with E-state index in [1.807, 2.05) is 25.1 Å². The Kier molecular flexibility index (Phi) is 6.13. The van der Waals surface area contributed by atoms with Crippen LogP contribution in [0.15, 0.2) is 47.6 Å². The first-order valence-corrected chi connectivity index (χ1v) is 9.84. The number of benzene rings is 2. The maximum atomic E-state index is 12.3. The van der Waals surface area contributed by atoms with Gasteiger partial charge in [-0.1, -0.05) is 41.6 Å². The first-order valence-electron chi connectivity index (χ1n) is 8.47. The van der Waals surface area contributed by atoms with Crippen LogP contribution in [0.25, 0.3) is 5.69 Å². The van der Waals surface area contributed by atoms with Gasteiger partial charge in [0.2, 0.25) is 11.1 Å². The molecule has 0 saturated carbocycles. The Morgan fingerprint density at radius 3 is 2.63 bits per heavy atom. The van der Waals surface area contributed by atoms with Crippen LogP contribution in [0, 0.1) is 13.8 Å². The molecule has 6 nitrogen and oxygen atoms in total. The second-order valence-electron chi connectivity index (χ2n) is 6.27. The second kappa shape index (κ2) is 8.54. The van der Waals surface area contributed by atoms with Crippen molar-refractivity contribution >= 4 is 29.3 Å². The number of halogens is 1.